The van der Waals surface area contributed by atoms with Crippen LogP contribution in [-0.2, 0) is 17.1 Å². The van der Waals surface area contributed by atoms with Crippen molar-refractivity contribution in [2.45, 2.75) is 19.2 Å². The summed E-state index contributed by atoms with van der Waals surface area (Å²) in [7, 11) is 0. The van der Waals surface area contributed by atoms with Crippen LogP contribution in [0.4, 0.5) is 4.39 Å². The second-order valence-corrected chi connectivity index (χ2v) is 3.19. The summed E-state index contributed by atoms with van der Waals surface area (Å²) in [6.07, 6.45) is 0.250. The van der Waals surface area contributed by atoms with E-state index in [1.165, 1.54) is 19.1 Å². The van der Waals surface area contributed by atoms with E-state index in [0.29, 0.717) is 11.4 Å². The molecular weight excluding hydrogens is 191 g/mol. The highest BCUT2D eigenvalue weighted by molar-refractivity contribution is 6.17. The van der Waals surface area contributed by atoms with Crippen LogP contribution in [0.5, 0.6) is 0 Å². The van der Waals surface area contributed by atoms with Crippen molar-refractivity contribution < 1.29 is 9.18 Å². The van der Waals surface area contributed by atoms with Crippen LogP contribution >= 0.6 is 11.6 Å². The van der Waals surface area contributed by atoms with Crippen molar-refractivity contribution in [3.8, 4) is 0 Å². The lowest BCUT2D eigenvalue weighted by Gasteiger charge is -2.04. The summed E-state index contributed by atoms with van der Waals surface area (Å²) in [6, 6.07) is 4.32. The van der Waals surface area contributed by atoms with Gasteiger partial charge in [0, 0.05) is 12.3 Å². The molecule has 0 radical (unpaired) electrons. The molecule has 13 heavy (non-hydrogen) atoms. The minimum Gasteiger partial charge on any atom is -0.300 e. The lowest BCUT2D eigenvalue weighted by atomic mass is 10.0. The summed E-state index contributed by atoms with van der Waals surface area (Å²) in [5.41, 5.74) is 1.50. The molecule has 0 aliphatic rings. The van der Waals surface area contributed by atoms with Crippen LogP contribution in [0.1, 0.15) is 18.1 Å². The molecule has 0 heterocycles. The molecule has 1 rings (SSSR count). The molecular formula is C10H10ClFO. The van der Waals surface area contributed by atoms with Crippen LogP contribution in [0.2, 0.25) is 0 Å². The summed E-state index contributed by atoms with van der Waals surface area (Å²) in [4.78, 5) is 10.8. The Bertz CT molecular complexity index is 323. The van der Waals surface area contributed by atoms with Gasteiger partial charge in [-0.15, -0.1) is 11.6 Å². The molecule has 70 valence electrons. The van der Waals surface area contributed by atoms with Gasteiger partial charge in [-0.2, -0.15) is 0 Å². The molecule has 0 aliphatic heterocycles. The number of ketones is 1. The van der Waals surface area contributed by atoms with E-state index in [9.17, 15) is 9.18 Å². The van der Waals surface area contributed by atoms with Gasteiger partial charge >= 0.3 is 0 Å². The Hall–Kier alpha value is -0.890. The van der Waals surface area contributed by atoms with Crippen molar-refractivity contribution in [3.63, 3.8) is 0 Å². The second kappa shape index (κ2) is 4.38. The van der Waals surface area contributed by atoms with E-state index in [1.807, 2.05) is 0 Å². The molecule has 0 saturated carbocycles. The normalized spacial score (nSPS) is 10.1. The van der Waals surface area contributed by atoms with Gasteiger partial charge in [0.15, 0.2) is 0 Å². The van der Waals surface area contributed by atoms with E-state index in [2.05, 4.69) is 0 Å². The average Bonchev–Trinajstić information content (AvgIpc) is 2.03. The number of hydrogen-bond acceptors (Lipinski definition) is 1. The predicted octanol–water partition coefficient (Wildman–Crippen LogP) is 2.70. The molecule has 0 N–H and O–H groups in total. The zero-order chi connectivity index (χ0) is 9.84. The Balaban J connectivity index is 3.01. The standard InChI is InChI=1S/C10H10ClFO/c1-7(13)4-9-5-10(12)3-2-8(9)6-11/h2-3,5H,4,6H2,1H3. The highest BCUT2D eigenvalue weighted by Gasteiger charge is 2.05. The SMILES string of the molecule is CC(=O)Cc1cc(F)ccc1CCl. The summed E-state index contributed by atoms with van der Waals surface area (Å²) in [5.74, 6) is -0.00909. The smallest absolute Gasteiger partial charge is 0.134 e. The molecule has 3 heteroatoms. The van der Waals surface area contributed by atoms with Gasteiger partial charge in [0.2, 0.25) is 0 Å². The molecule has 0 atom stereocenters. The van der Waals surface area contributed by atoms with Crippen LogP contribution in [0.3, 0.4) is 0 Å². The molecule has 1 aromatic rings. The number of halogens is 2. The Morgan fingerprint density at radius 3 is 2.69 bits per heavy atom. The molecule has 0 unspecified atom stereocenters. The summed E-state index contributed by atoms with van der Waals surface area (Å²) in [5, 5.41) is 0. The Morgan fingerprint density at radius 2 is 2.15 bits per heavy atom. The quantitative estimate of drug-likeness (QED) is 0.686. The Morgan fingerprint density at radius 1 is 1.46 bits per heavy atom. The van der Waals surface area contributed by atoms with E-state index in [0.717, 1.165) is 5.56 Å². The van der Waals surface area contributed by atoms with E-state index < -0.39 is 0 Å². The first-order valence-corrected chi connectivity index (χ1v) is 4.49. The fraction of sp³-hybridized carbons (Fsp3) is 0.300. The fourth-order valence-electron chi connectivity index (χ4n) is 1.16. The summed E-state index contributed by atoms with van der Waals surface area (Å²) in [6.45, 7) is 1.48. The van der Waals surface area contributed by atoms with E-state index in [4.69, 9.17) is 11.6 Å². The number of carbonyl (C=O) groups excluding carboxylic acids is 1. The maximum Gasteiger partial charge on any atom is 0.134 e. The number of hydrogen-bond donors (Lipinski definition) is 0. The lowest BCUT2D eigenvalue weighted by Crippen LogP contribution is -2.00. The first-order chi connectivity index (χ1) is 6.13. The van der Waals surface area contributed by atoms with E-state index in [1.54, 1.807) is 6.07 Å². The van der Waals surface area contributed by atoms with Crippen LogP contribution in [0.25, 0.3) is 0 Å². The van der Waals surface area contributed by atoms with Crippen LogP contribution in [0, 0.1) is 5.82 Å². The van der Waals surface area contributed by atoms with E-state index in [-0.39, 0.29) is 18.0 Å². The zero-order valence-electron chi connectivity index (χ0n) is 7.31. The van der Waals surface area contributed by atoms with Crippen molar-refractivity contribution in [2.24, 2.45) is 0 Å². The molecule has 0 saturated heterocycles. The maximum absolute atomic E-state index is 12.8. The molecule has 0 amide bonds. The van der Waals surface area contributed by atoms with Gasteiger partial charge in [0.1, 0.15) is 11.6 Å². The molecule has 1 nitrogen and oxygen atoms in total. The number of Topliss-reactive ketones (excluding diaryl/α,β-unsaturated/α-hetero) is 1. The average molecular weight is 201 g/mol. The van der Waals surface area contributed by atoms with Gasteiger partial charge in [-0.1, -0.05) is 6.07 Å². The van der Waals surface area contributed by atoms with Crippen molar-refractivity contribution in [2.75, 3.05) is 0 Å². The molecule has 0 aliphatic carbocycles. The molecule has 0 spiro atoms. The van der Waals surface area contributed by atoms with Gasteiger partial charge in [0.25, 0.3) is 0 Å². The molecule has 1 aromatic carbocycles. The highest BCUT2D eigenvalue weighted by atomic mass is 35.5. The fourth-order valence-corrected chi connectivity index (χ4v) is 1.42. The number of carbonyl (C=O) groups is 1. The largest absolute Gasteiger partial charge is 0.300 e. The highest BCUT2D eigenvalue weighted by Crippen LogP contribution is 2.14. The van der Waals surface area contributed by atoms with Crippen molar-refractivity contribution >= 4 is 17.4 Å². The second-order valence-electron chi connectivity index (χ2n) is 2.93. The first-order valence-electron chi connectivity index (χ1n) is 3.96. The van der Waals surface area contributed by atoms with E-state index >= 15 is 0 Å². The van der Waals surface area contributed by atoms with Crippen LogP contribution in [0.15, 0.2) is 18.2 Å². The number of benzene rings is 1. The molecule has 0 aromatic heterocycles. The van der Waals surface area contributed by atoms with Gasteiger partial charge < -0.3 is 0 Å². The minimum atomic E-state index is -0.329. The first kappa shape index (κ1) is 10.2. The number of alkyl halides is 1. The maximum atomic E-state index is 12.8. The Labute approximate surface area is 81.5 Å². The monoisotopic (exact) mass is 200 g/mol. The van der Waals surface area contributed by atoms with Gasteiger partial charge in [-0.05, 0) is 30.2 Å². The van der Waals surface area contributed by atoms with Gasteiger partial charge in [0.05, 0.1) is 0 Å². The Kier molecular flexibility index (Phi) is 3.43. The predicted molar refractivity (Wildman–Crippen MR) is 50.3 cm³/mol. The zero-order valence-corrected chi connectivity index (χ0v) is 8.07. The third-order valence-electron chi connectivity index (χ3n) is 1.75. The molecule has 0 fully saturated rings. The summed E-state index contributed by atoms with van der Waals surface area (Å²) >= 11 is 5.63. The third kappa shape index (κ3) is 2.81. The van der Waals surface area contributed by atoms with Crippen molar-refractivity contribution in [3.05, 3.63) is 35.1 Å². The van der Waals surface area contributed by atoms with Gasteiger partial charge in [-0.25, -0.2) is 4.39 Å². The van der Waals surface area contributed by atoms with Crippen LogP contribution < -0.4 is 0 Å². The third-order valence-corrected chi connectivity index (χ3v) is 2.04. The minimum absolute atomic E-state index is 0.0111. The van der Waals surface area contributed by atoms with Crippen molar-refractivity contribution in [1.29, 1.82) is 0 Å². The van der Waals surface area contributed by atoms with Crippen LogP contribution in [-0.4, -0.2) is 5.78 Å². The topological polar surface area (TPSA) is 17.1 Å². The number of rotatable bonds is 3. The lowest BCUT2D eigenvalue weighted by molar-refractivity contribution is -0.116. The summed E-state index contributed by atoms with van der Waals surface area (Å²) < 4.78 is 12.8. The van der Waals surface area contributed by atoms with Crippen molar-refractivity contribution in [1.82, 2.24) is 0 Å². The van der Waals surface area contributed by atoms with Gasteiger partial charge in [-0.3, -0.25) is 4.79 Å². The molecule has 0 bridgehead atoms.